The highest BCUT2D eigenvalue weighted by Gasteiger charge is 2.05. The molecule has 2 aromatic rings. The van der Waals surface area contributed by atoms with Gasteiger partial charge in [-0.3, -0.25) is 4.79 Å². The zero-order valence-corrected chi connectivity index (χ0v) is 12.0. The van der Waals surface area contributed by atoms with Gasteiger partial charge in [0.25, 0.3) is 5.91 Å². The van der Waals surface area contributed by atoms with Crippen LogP contribution in [0.3, 0.4) is 0 Å². The van der Waals surface area contributed by atoms with Gasteiger partial charge in [-0.25, -0.2) is 14.2 Å². The van der Waals surface area contributed by atoms with Gasteiger partial charge in [-0.15, -0.1) is 0 Å². The second kappa shape index (κ2) is 7.51. The van der Waals surface area contributed by atoms with Crippen LogP contribution in [0, 0.1) is 11.6 Å². The number of halogens is 3. The van der Waals surface area contributed by atoms with Crippen LogP contribution in [0.4, 0.5) is 8.78 Å². The minimum absolute atomic E-state index is 0.0731. The van der Waals surface area contributed by atoms with Crippen molar-refractivity contribution >= 4 is 23.7 Å². The molecule has 0 bridgehead atoms. The minimum atomic E-state index is -0.548. The summed E-state index contributed by atoms with van der Waals surface area (Å²) in [6.45, 7) is -0.312. The molecule has 22 heavy (non-hydrogen) atoms. The van der Waals surface area contributed by atoms with E-state index in [0.29, 0.717) is 5.75 Å². The van der Waals surface area contributed by atoms with E-state index in [1.165, 1.54) is 42.5 Å². The molecule has 0 fully saturated rings. The molecule has 114 valence electrons. The molecule has 4 nitrogen and oxygen atoms in total. The van der Waals surface area contributed by atoms with E-state index in [-0.39, 0.29) is 17.2 Å². The average Bonchev–Trinajstić information content (AvgIpc) is 2.50. The van der Waals surface area contributed by atoms with Crippen LogP contribution in [0.2, 0.25) is 5.02 Å². The first kappa shape index (κ1) is 15.9. The Bertz CT molecular complexity index is 670. The van der Waals surface area contributed by atoms with Crippen LogP contribution in [-0.2, 0) is 4.79 Å². The smallest absolute Gasteiger partial charge is 0.277 e. The molecule has 0 radical (unpaired) electrons. The van der Waals surface area contributed by atoms with Gasteiger partial charge in [0.2, 0.25) is 0 Å². The summed E-state index contributed by atoms with van der Waals surface area (Å²) >= 11 is 5.80. The predicted molar refractivity (Wildman–Crippen MR) is 79.0 cm³/mol. The van der Waals surface area contributed by atoms with Crippen LogP contribution in [0.5, 0.6) is 5.75 Å². The quantitative estimate of drug-likeness (QED) is 0.678. The highest BCUT2D eigenvalue weighted by atomic mass is 35.5. The van der Waals surface area contributed by atoms with Crippen molar-refractivity contribution in [1.29, 1.82) is 0 Å². The Hall–Kier alpha value is -2.47. The molecular formula is C15H11ClF2N2O2. The third-order valence-corrected chi connectivity index (χ3v) is 2.90. The molecule has 0 aromatic heterocycles. The molecule has 0 aliphatic heterocycles. The summed E-state index contributed by atoms with van der Waals surface area (Å²) in [6, 6.07) is 9.41. The molecule has 0 atom stereocenters. The fourth-order valence-corrected chi connectivity index (χ4v) is 1.73. The normalized spacial score (nSPS) is 10.7. The topological polar surface area (TPSA) is 50.7 Å². The van der Waals surface area contributed by atoms with Gasteiger partial charge in [0, 0.05) is 5.56 Å². The molecule has 7 heteroatoms. The number of benzene rings is 2. The lowest BCUT2D eigenvalue weighted by Crippen LogP contribution is -2.24. The molecule has 1 N–H and O–H groups in total. The zero-order chi connectivity index (χ0) is 15.9. The lowest BCUT2D eigenvalue weighted by Gasteiger charge is -2.04. The third kappa shape index (κ3) is 4.53. The largest absolute Gasteiger partial charge is 0.484 e. The van der Waals surface area contributed by atoms with E-state index in [2.05, 4.69) is 10.5 Å². The number of carbonyl (C=O) groups is 1. The van der Waals surface area contributed by atoms with Crippen molar-refractivity contribution in [2.45, 2.75) is 0 Å². The zero-order valence-electron chi connectivity index (χ0n) is 11.2. The van der Waals surface area contributed by atoms with Gasteiger partial charge in [0.05, 0.1) is 11.2 Å². The molecule has 0 saturated heterocycles. The van der Waals surface area contributed by atoms with E-state index in [1.807, 2.05) is 0 Å². The van der Waals surface area contributed by atoms with Crippen molar-refractivity contribution in [3.8, 4) is 5.75 Å². The Morgan fingerprint density at radius 3 is 2.64 bits per heavy atom. The third-order valence-electron chi connectivity index (χ3n) is 2.57. The minimum Gasteiger partial charge on any atom is -0.484 e. The second-order valence-electron chi connectivity index (χ2n) is 4.17. The lowest BCUT2D eigenvalue weighted by atomic mass is 10.2. The second-order valence-corrected chi connectivity index (χ2v) is 4.58. The molecule has 1 amide bonds. The summed E-state index contributed by atoms with van der Waals surface area (Å²) in [5, 5.41) is 3.78. The highest BCUT2D eigenvalue weighted by Crippen LogP contribution is 2.16. The van der Waals surface area contributed by atoms with E-state index in [4.69, 9.17) is 16.3 Å². The van der Waals surface area contributed by atoms with Crippen LogP contribution in [-0.4, -0.2) is 18.7 Å². The van der Waals surface area contributed by atoms with Crippen LogP contribution in [0.1, 0.15) is 5.56 Å². The van der Waals surface area contributed by atoms with Gasteiger partial charge in [-0.05, 0) is 36.4 Å². The monoisotopic (exact) mass is 324 g/mol. The van der Waals surface area contributed by atoms with E-state index < -0.39 is 17.5 Å². The SMILES string of the molecule is O=C(COc1ccc(F)cc1)N/N=C/c1c(F)cccc1Cl. The molecule has 0 unspecified atom stereocenters. The summed E-state index contributed by atoms with van der Waals surface area (Å²) in [6.07, 6.45) is 1.10. The molecule has 0 aliphatic rings. The maximum Gasteiger partial charge on any atom is 0.277 e. The van der Waals surface area contributed by atoms with Crippen LogP contribution >= 0.6 is 11.6 Å². The van der Waals surface area contributed by atoms with E-state index in [0.717, 1.165) is 6.21 Å². The van der Waals surface area contributed by atoms with Crippen molar-refractivity contribution in [2.24, 2.45) is 5.10 Å². The number of hydrazone groups is 1. The molecule has 2 aromatic carbocycles. The summed E-state index contributed by atoms with van der Waals surface area (Å²) < 4.78 is 31.2. The van der Waals surface area contributed by atoms with Crippen LogP contribution in [0.25, 0.3) is 0 Å². The van der Waals surface area contributed by atoms with Gasteiger partial charge < -0.3 is 4.74 Å². The van der Waals surface area contributed by atoms with Crippen LogP contribution < -0.4 is 10.2 Å². The van der Waals surface area contributed by atoms with Crippen molar-refractivity contribution < 1.29 is 18.3 Å². The first-order valence-corrected chi connectivity index (χ1v) is 6.58. The number of amides is 1. The lowest BCUT2D eigenvalue weighted by molar-refractivity contribution is -0.123. The predicted octanol–water partition coefficient (Wildman–Crippen LogP) is 3.15. The summed E-state index contributed by atoms with van der Waals surface area (Å²) in [7, 11) is 0. The first-order valence-electron chi connectivity index (χ1n) is 6.20. The van der Waals surface area contributed by atoms with Crippen molar-refractivity contribution in [2.75, 3.05) is 6.61 Å². The highest BCUT2D eigenvalue weighted by molar-refractivity contribution is 6.33. The van der Waals surface area contributed by atoms with Gasteiger partial charge in [0.15, 0.2) is 6.61 Å². The molecule has 0 saturated carbocycles. The van der Waals surface area contributed by atoms with Gasteiger partial charge in [-0.2, -0.15) is 5.10 Å². The fourth-order valence-electron chi connectivity index (χ4n) is 1.51. The fraction of sp³-hybridized carbons (Fsp3) is 0.0667. The van der Waals surface area contributed by atoms with Gasteiger partial charge in [0.1, 0.15) is 17.4 Å². The number of hydrogen-bond acceptors (Lipinski definition) is 3. The molecule has 0 heterocycles. The van der Waals surface area contributed by atoms with Crippen molar-refractivity contribution in [1.82, 2.24) is 5.43 Å². The number of nitrogens with one attached hydrogen (secondary N) is 1. The summed E-state index contributed by atoms with van der Waals surface area (Å²) in [5.74, 6) is -1.15. The van der Waals surface area contributed by atoms with Gasteiger partial charge >= 0.3 is 0 Å². The Morgan fingerprint density at radius 2 is 1.95 bits per heavy atom. The maximum atomic E-state index is 13.4. The molecule has 2 rings (SSSR count). The number of nitrogens with zero attached hydrogens (tertiary/aromatic N) is 1. The van der Waals surface area contributed by atoms with E-state index >= 15 is 0 Å². The molecule has 0 aliphatic carbocycles. The first-order chi connectivity index (χ1) is 10.6. The Labute approximate surface area is 130 Å². The van der Waals surface area contributed by atoms with Crippen molar-refractivity contribution in [3.05, 3.63) is 64.7 Å². The van der Waals surface area contributed by atoms with Gasteiger partial charge in [-0.1, -0.05) is 17.7 Å². The Balaban J connectivity index is 1.85. The molecule has 0 spiro atoms. The van der Waals surface area contributed by atoms with E-state index in [9.17, 15) is 13.6 Å². The number of hydrogen-bond donors (Lipinski definition) is 1. The number of ether oxygens (including phenoxy) is 1. The Kier molecular flexibility index (Phi) is 5.43. The average molecular weight is 325 g/mol. The summed E-state index contributed by atoms with van der Waals surface area (Å²) in [4.78, 5) is 11.5. The van der Waals surface area contributed by atoms with Crippen LogP contribution in [0.15, 0.2) is 47.6 Å². The Morgan fingerprint density at radius 1 is 1.23 bits per heavy atom. The maximum absolute atomic E-state index is 13.4. The summed E-state index contributed by atoms with van der Waals surface area (Å²) in [5.41, 5.74) is 2.25. The number of carbonyl (C=O) groups excluding carboxylic acids is 1. The molecular weight excluding hydrogens is 314 g/mol. The van der Waals surface area contributed by atoms with Crippen molar-refractivity contribution in [3.63, 3.8) is 0 Å². The standard InChI is InChI=1S/C15H11ClF2N2O2/c16-13-2-1-3-14(18)12(13)8-19-20-15(21)9-22-11-6-4-10(17)5-7-11/h1-8H,9H2,(H,20,21)/b19-8+. The number of rotatable bonds is 5. The van der Waals surface area contributed by atoms with E-state index in [1.54, 1.807) is 0 Å².